The maximum atomic E-state index is 11.9. The van der Waals surface area contributed by atoms with Gasteiger partial charge in [-0.25, -0.2) is 4.79 Å². The summed E-state index contributed by atoms with van der Waals surface area (Å²) < 4.78 is 0. The van der Waals surface area contributed by atoms with E-state index in [2.05, 4.69) is 10.6 Å². The van der Waals surface area contributed by atoms with Crippen LogP contribution in [0.5, 0.6) is 0 Å². The summed E-state index contributed by atoms with van der Waals surface area (Å²) in [4.78, 5) is 11.9. The fraction of sp³-hybridized carbons (Fsp3) is 0.500. The molecule has 0 saturated heterocycles. The van der Waals surface area contributed by atoms with Crippen molar-refractivity contribution in [2.75, 3.05) is 6.54 Å². The van der Waals surface area contributed by atoms with Gasteiger partial charge in [0.2, 0.25) is 0 Å². The number of carbonyl (C=O) groups excluding carboxylic acids is 1. The molecule has 0 spiro atoms. The lowest BCUT2D eigenvalue weighted by Crippen LogP contribution is -2.54. The normalized spacial score (nSPS) is 17.4. The van der Waals surface area contributed by atoms with E-state index in [0.717, 1.165) is 31.2 Å². The summed E-state index contributed by atoms with van der Waals surface area (Å²) in [5, 5.41) is 5.92. The van der Waals surface area contributed by atoms with Gasteiger partial charge in [-0.2, -0.15) is 0 Å². The lowest BCUT2D eigenvalue weighted by molar-refractivity contribution is 0.225. The first-order valence-corrected chi connectivity index (χ1v) is 6.54. The van der Waals surface area contributed by atoms with Gasteiger partial charge >= 0.3 is 6.03 Å². The molecule has 18 heavy (non-hydrogen) atoms. The topological polar surface area (TPSA) is 67.1 Å². The van der Waals surface area contributed by atoms with E-state index in [4.69, 9.17) is 5.73 Å². The highest BCUT2D eigenvalue weighted by Crippen LogP contribution is 2.28. The Bertz CT molecular complexity index is 385. The predicted octanol–water partition coefficient (Wildman–Crippen LogP) is 1.76. The third kappa shape index (κ3) is 3.23. The van der Waals surface area contributed by atoms with Gasteiger partial charge in [-0.15, -0.1) is 0 Å². The minimum atomic E-state index is -0.180. The summed E-state index contributed by atoms with van der Waals surface area (Å²) in [5.41, 5.74) is 6.70. The van der Waals surface area contributed by atoms with Crippen molar-refractivity contribution in [3.8, 4) is 0 Å². The molecule has 4 heteroatoms. The summed E-state index contributed by atoms with van der Waals surface area (Å²) >= 11 is 0. The number of carbonyl (C=O) groups is 1. The van der Waals surface area contributed by atoms with Crippen LogP contribution >= 0.6 is 0 Å². The maximum Gasteiger partial charge on any atom is 0.315 e. The van der Waals surface area contributed by atoms with E-state index in [1.54, 1.807) is 0 Å². The van der Waals surface area contributed by atoms with Gasteiger partial charge in [0, 0.05) is 13.1 Å². The SMILES string of the molecule is NCC1(NC(=O)NCc2ccccc2)CCCC1. The molecule has 0 aromatic heterocycles. The molecule has 1 aliphatic rings. The first kappa shape index (κ1) is 12.9. The Hall–Kier alpha value is -1.55. The Kier molecular flexibility index (Phi) is 4.20. The number of rotatable bonds is 4. The lowest BCUT2D eigenvalue weighted by atomic mass is 9.98. The second-order valence-corrected chi connectivity index (χ2v) is 4.98. The van der Waals surface area contributed by atoms with Crippen LogP contribution in [0.4, 0.5) is 4.79 Å². The van der Waals surface area contributed by atoms with Crippen LogP contribution in [0.25, 0.3) is 0 Å². The van der Waals surface area contributed by atoms with Gasteiger partial charge in [-0.1, -0.05) is 43.2 Å². The number of hydrogen-bond donors (Lipinski definition) is 3. The van der Waals surface area contributed by atoms with Crippen LogP contribution in [-0.4, -0.2) is 18.1 Å². The minimum absolute atomic E-state index is 0.119. The quantitative estimate of drug-likeness (QED) is 0.759. The highest BCUT2D eigenvalue weighted by molar-refractivity contribution is 5.74. The number of benzene rings is 1. The molecular weight excluding hydrogens is 226 g/mol. The highest BCUT2D eigenvalue weighted by Gasteiger charge is 2.33. The molecule has 1 fully saturated rings. The molecule has 1 aromatic carbocycles. The number of hydrogen-bond acceptors (Lipinski definition) is 2. The third-order valence-corrected chi connectivity index (χ3v) is 3.63. The molecule has 4 N–H and O–H groups in total. The molecule has 1 aliphatic carbocycles. The van der Waals surface area contributed by atoms with E-state index in [1.165, 1.54) is 0 Å². The van der Waals surface area contributed by atoms with E-state index < -0.39 is 0 Å². The van der Waals surface area contributed by atoms with E-state index in [9.17, 15) is 4.79 Å². The molecule has 4 nitrogen and oxygen atoms in total. The molecule has 0 heterocycles. The first-order valence-electron chi connectivity index (χ1n) is 6.54. The minimum Gasteiger partial charge on any atom is -0.334 e. The van der Waals surface area contributed by atoms with Crippen molar-refractivity contribution in [3.05, 3.63) is 35.9 Å². The van der Waals surface area contributed by atoms with Gasteiger partial charge in [0.25, 0.3) is 0 Å². The van der Waals surface area contributed by atoms with Crippen LogP contribution in [0.15, 0.2) is 30.3 Å². The van der Waals surface area contributed by atoms with Gasteiger partial charge in [0.05, 0.1) is 5.54 Å². The number of urea groups is 1. The molecule has 2 amide bonds. The smallest absolute Gasteiger partial charge is 0.315 e. The largest absolute Gasteiger partial charge is 0.334 e. The van der Waals surface area contributed by atoms with Gasteiger partial charge in [0.15, 0.2) is 0 Å². The molecule has 0 radical (unpaired) electrons. The Balaban J connectivity index is 1.82. The van der Waals surface area contributed by atoms with Crippen molar-refractivity contribution < 1.29 is 4.79 Å². The summed E-state index contributed by atoms with van der Waals surface area (Å²) in [6.07, 6.45) is 4.27. The number of amides is 2. The van der Waals surface area contributed by atoms with Gasteiger partial charge in [-0.05, 0) is 18.4 Å². The summed E-state index contributed by atoms with van der Waals surface area (Å²) in [6.45, 7) is 1.07. The van der Waals surface area contributed by atoms with Crippen molar-refractivity contribution in [2.45, 2.75) is 37.8 Å². The molecule has 0 unspecified atom stereocenters. The van der Waals surface area contributed by atoms with E-state index in [-0.39, 0.29) is 11.6 Å². The van der Waals surface area contributed by atoms with Crippen molar-refractivity contribution in [3.63, 3.8) is 0 Å². The average molecular weight is 247 g/mol. The van der Waals surface area contributed by atoms with Crippen LogP contribution in [0, 0.1) is 0 Å². The molecule has 2 rings (SSSR count). The monoisotopic (exact) mass is 247 g/mol. The Morgan fingerprint density at radius 1 is 1.22 bits per heavy atom. The van der Waals surface area contributed by atoms with Crippen LogP contribution in [0.1, 0.15) is 31.2 Å². The Morgan fingerprint density at radius 3 is 2.50 bits per heavy atom. The molecule has 1 aromatic rings. The van der Waals surface area contributed by atoms with Crippen LogP contribution in [0.2, 0.25) is 0 Å². The van der Waals surface area contributed by atoms with Crippen molar-refractivity contribution in [1.82, 2.24) is 10.6 Å². The third-order valence-electron chi connectivity index (χ3n) is 3.63. The average Bonchev–Trinajstić information content (AvgIpc) is 2.87. The summed E-state index contributed by atoms with van der Waals surface area (Å²) in [7, 11) is 0. The fourth-order valence-electron chi connectivity index (χ4n) is 2.50. The second kappa shape index (κ2) is 5.87. The van der Waals surface area contributed by atoms with Crippen molar-refractivity contribution in [1.29, 1.82) is 0 Å². The van der Waals surface area contributed by atoms with E-state index >= 15 is 0 Å². The van der Waals surface area contributed by atoms with E-state index in [0.29, 0.717) is 13.1 Å². The molecule has 0 atom stereocenters. The maximum absolute atomic E-state index is 11.9. The molecule has 1 saturated carbocycles. The zero-order valence-electron chi connectivity index (χ0n) is 10.6. The molecule has 0 aliphatic heterocycles. The molecule has 0 bridgehead atoms. The summed E-state index contributed by atoms with van der Waals surface area (Å²) in [5.74, 6) is 0. The predicted molar refractivity (Wildman–Crippen MR) is 72.1 cm³/mol. The van der Waals surface area contributed by atoms with Crippen LogP contribution < -0.4 is 16.4 Å². The number of nitrogens with one attached hydrogen (secondary N) is 2. The second-order valence-electron chi connectivity index (χ2n) is 4.98. The fourth-order valence-corrected chi connectivity index (χ4v) is 2.50. The number of nitrogens with two attached hydrogens (primary N) is 1. The summed E-state index contributed by atoms with van der Waals surface area (Å²) in [6, 6.07) is 9.76. The molecular formula is C14H21N3O. The van der Waals surface area contributed by atoms with E-state index in [1.807, 2.05) is 30.3 Å². The van der Waals surface area contributed by atoms with Crippen molar-refractivity contribution >= 4 is 6.03 Å². The zero-order valence-corrected chi connectivity index (χ0v) is 10.6. The van der Waals surface area contributed by atoms with Crippen molar-refractivity contribution in [2.24, 2.45) is 5.73 Å². The van der Waals surface area contributed by atoms with Crippen LogP contribution in [-0.2, 0) is 6.54 Å². The lowest BCUT2D eigenvalue weighted by Gasteiger charge is -2.28. The van der Waals surface area contributed by atoms with Gasteiger partial charge in [-0.3, -0.25) is 0 Å². The van der Waals surface area contributed by atoms with Gasteiger partial charge in [0.1, 0.15) is 0 Å². The van der Waals surface area contributed by atoms with Crippen LogP contribution in [0.3, 0.4) is 0 Å². The zero-order chi connectivity index (χ0) is 12.8. The highest BCUT2D eigenvalue weighted by atomic mass is 16.2. The Morgan fingerprint density at radius 2 is 1.89 bits per heavy atom. The van der Waals surface area contributed by atoms with Gasteiger partial charge < -0.3 is 16.4 Å². The standard InChI is InChI=1S/C14H21N3O/c15-11-14(8-4-5-9-14)17-13(18)16-10-12-6-2-1-3-7-12/h1-3,6-7H,4-5,8-11,15H2,(H2,16,17,18). The Labute approximate surface area is 108 Å². The molecule has 98 valence electrons. The first-order chi connectivity index (χ1) is 8.74.